The summed E-state index contributed by atoms with van der Waals surface area (Å²) in [5.41, 5.74) is 2.28. The second-order valence-electron chi connectivity index (χ2n) is 6.83. The molecule has 0 radical (unpaired) electrons. The van der Waals surface area contributed by atoms with Crippen LogP contribution in [-0.2, 0) is 16.0 Å². The van der Waals surface area contributed by atoms with Crippen molar-refractivity contribution in [3.63, 3.8) is 0 Å². The zero-order chi connectivity index (χ0) is 17.9. The van der Waals surface area contributed by atoms with Crippen LogP contribution in [0.25, 0.3) is 12.2 Å². The molecule has 132 valence electrons. The number of hydrogen-bond donors (Lipinski definition) is 0. The minimum atomic E-state index is -0.521. The molecule has 1 atom stereocenters. The van der Waals surface area contributed by atoms with Crippen molar-refractivity contribution in [1.82, 2.24) is 14.7 Å². The van der Waals surface area contributed by atoms with E-state index in [1.54, 1.807) is 18.0 Å². The number of carbonyl (C=O) groups is 1. The van der Waals surface area contributed by atoms with Gasteiger partial charge in [0.25, 0.3) is 0 Å². The van der Waals surface area contributed by atoms with Crippen molar-refractivity contribution in [3.8, 4) is 0 Å². The molecule has 1 aromatic rings. The molecule has 0 N–H and O–H groups in total. The highest BCUT2D eigenvalue weighted by molar-refractivity contribution is 5.68. The van der Waals surface area contributed by atoms with Gasteiger partial charge in [0.1, 0.15) is 11.7 Å². The summed E-state index contributed by atoms with van der Waals surface area (Å²) < 4.78 is 13.3. The van der Waals surface area contributed by atoms with E-state index in [0.29, 0.717) is 19.7 Å². The van der Waals surface area contributed by atoms with E-state index in [-0.39, 0.29) is 12.2 Å². The molecule has 1 aliphatic heterocycles. The second-order valence-corrected chi connectivity index (χ2v) is 6.83. The topological polar surface area (TPSA) is 56.6 Å². The van der Waals surface area contributed by atoms with Crippen molar-refractivity contribution in [2.45, 2.75) is 45.9 Å². The molecule has 0 saturated heterocycles. The maximum absolute atomic E-state index is 12.2. The number of hydrogen-bond acceptors (Lipinski definition) is 4. The molecule has 2 heterocycles. The van der Waals surface area contributed by atoms with E-state index in [2.05, 4.69) is 11.7 Å². The van der Waals surface area contributed by atoms with Crippen LogP contribution in [-0.4, -0.2) is 46.6 Å². The first-order chi connectivity index (χ1) is 11.3. The maximum Gasteiger partial charge on any atom is 0.410 e. The number of allylic oxidation sites excluding steroid dienone is 1. The zero-order valence-corrected chi connectivity index (χ0v) is 15.2. The summed E-state index contributed by atoms with van der Waals surface area (Å²) in [4.78, 5) is 13.8. The number of fused-ring (bicyclic) bond motifs is 1. The summed E-state index contributed by atoms with van der Waals surface area (Å²) in [6, 6.07) is 0. The van der Waals surface area contributed by atoms with Crippen molar-refractivity contribution < 1.29 is 14.3 Å². The Kier molecular flexibility index (Phi) is 5.49. The van der Waals surface area contributed by atoms with Gasteiger partial charge >= 0.3 is 6.09 Å². The van der Waals surface area contributed by atoms with Gasteiger partial charge in [0, 0.05) is 12.6 Å². The molecular formula is C18H27N3O3. The van der Waals surface area contributed by atoms with E-state index in [4.69, 9.17) is 9.47 Å². The molecule has 1 aromatic heterocycles. The lowest BCUT2D eigenvalue weighted by atomic mass is 10.1. The van der Waals surface area contributed by atoms with Crippen molar-refractivity contribution >= 4 is 18.2 Å². The summed E-state index contributed by atoms with van der Waals surface area (Å²) in [7, 11) is 1.72. The van der Waals surface area contributed by atoms with Gasteiger partial charge in [0.05, 0.1) is 31.1 Å². The van der Waals surface area contributed by atoms with Crippen LogP contribution < -0.4 is 0 Å². The number of nitrogens with zero attached hydrogens (tertiary/aromatic N) is 3. The lowest BCUT2D eigenvalue weighted by molar-refractivity contribution is -0.0144. The average molecular weight is 333 g/mol. The molecular weight excluding hydrogens is 306 g/mol. The molecule has 6 nitrogen and oxygen atoms in total. The molecule has 1 aliphatic rings. The highest BCUT2D eigenvalue weighted by Gasteiger charge is 2.30. The Balaban J connectivity index is 2.24. The second kappa shape index (κ2) is 7.21. The monoisotopic (exact) mass is 333 g/mol. The third-order valence-corrected chi connectivity index (χ3v) is 3.66. The smallest absolute Gasteiger partial charge is 0.410 e. The highest BCUT2D eigenvalue weighted by Crippen LogP contribution is 2.30. The molecule has 1 amide bonds. The van der Waals surface area contributed by atoms with Crippen LogP contribution in [0.5, 0.6) is 0 Å². The maximum atomic E-state index is 12.2. The van der Waals surface area contributed by atoms with Gasteiger partial charge in [0.2, 0.25) is 0 Å². The molecule has 0 aromatic carbocycles. The fourth-order valence-electron chi connectivity index (χ4n) is 2.67. The Labute approximate surface area is 143 Å². The van der Waals surface area contributed by atoms with Gasteiger partial charge in [-0.2, -0.15) is 5.10 Å². The van der Waals surface area contributed by atoms with Gasteiger partial charge in [-0.15, -0.1) is 0 Å². The lowest BCUT2D eigenvalue weighted by Crippen LogP contribution is -2.38. The fraction of sp³-hybridized carbons (Fsp3) is 0.556. The van der Waals surface area contributed by atoms with Crippen molar-refractivity contribution in [3.05, 3.63) is 29.6 Å². The number of carbonyl (C=O) groups excluding carboxylic acids is 1. The summed E-state index contributed by atoms with van der Waals surface area (Å²) in [6.07, 6.45) is 5.11. The Morgan fingerprint density at radius 2 is 2.25 bits per heavy atom. The molecule has 0 fully saturated rings. The quantitative estimate of drug-likeness (QED) is 0.846. The van der Waals surface area contributed by atoms with E-state index in [9.17, 15) is 4.79 Å². The minimum Gasteiger partial charge on any atom is -0.444 e. The van der Waals surface area contributed by atoms with Crippen LogP contribution in [0, 0.1) is 0 Å². The van der Waals surface area contributed by atoms with Crippen LogP contribution in [0.3, 0.4) is 0 Å². The standard InChI is InChI=1S/C18H27N3O3/c1-7-9-13-14(8-2)19-21-10-11-23-15(16(13)21)12-20(6)17(22)24-18(3,4)5/h7-9,15H,2,10-12H2,1,3-6H3/b9-7-. The first-order valence-electron chi connectivity index (χ1n) is 8.18. The normalized spacial score (nSPS) is 17.6. The first kappa shape index (κ1) is 18.3. The lowest BCUT2D eigenvalue weighted by Gasteiger charge is -2.30. The molecule has 1 unspecified atom stereocenters. The van der Waals surface area contributed by atoms with E-state index in [0.717, 1.165) is 17.0 Å². The van der Waals surface area contributed by atoms with E-state index in [1.807, 2.05) is 44.5 Å². The van der Waals surface area contributed by atoms with Crippen molar-refractivity contribution in [2.24, 2.45) is 0 Å². The van der Waals surface area contributed by atoms with Crippen molar-refractivity contribution in [2.75, 3.05) is 20.2 Å². The van der Waals surface area contributed by atoms with E-state index in [1.165, 1.54) is 0 Å². The molecule has 2 rings (SSSR count). The summed E-state index contributed by atoms with van der Waals surface area (Å²) >= 11 is 0. The summed E-state index contributed by atoms with van der Waals surface area (Å²) in [6.45, 7) is 13.0. The molecule has 0 saturated carbocycles. The first-order valence-corrected chi connectivity index (χ1v) is 8.18. The number of aromatic nitrogens is 2. The Bertz CT molecular complexity index is 641. The van der Waals surface area contributed by atoms with Gasteiger partial charge in [0.15, 0.2) is 0 Å². The number of rotatable bonds is 4. The van der Waals surface area contributed by atoms with Crippen LogP contribution in [0.1, 0.15) is 50.8 Å². The van der Waals surface area contributed by atoms with Crippen molar-refractivity contribution in [1.29, 1.82) is 0 Å². The molecule has 0 bridgehead atoms. The van der Waals surface area contributed by atoms with Crippen LogP contribution >= 0.6 is 0 Å². The van der Waals surface area contributed by atoms with E-state index < -0.39 is 5.60 Å². The number of likely N-dealkylation sites (N-methyl/N-ethyl adjacent to an activating group) is 1. The average Bonchev–Trinajstić information content (AvgIpc) is 2.85. The Morgan fingerprint density at radius 3 is 2.83 bits per heavy atom. The Hall–Kier alpha value is -2.08. The zero-order valence-electron chi connectivity index (χ0n) is 15.2. The van der Waals surface area contributed by atoms with Crippen LogP contribution in [0.4, 0.5) is 4.79 Å². The fourth-order valence-corrected chi connectivity index (χ4v) is 2.67. The summed E-state index contributed by atoms with van der Waals surface area (Å²) in [5, 5.41) is 4.58. The Morgan fingerprint density at radius 1 is 1.54 bits per heavy atom. The molecule has 0 aliphatic carbocycles. The number of ether oxygens (including phenoxy) is 2. The molecule has 0 spiro atoms. The molecule has 6 heteroatoms. The van der Waals surface area contributed by atoms with Gasteiger partial charge < -0.3 is 14.4 Å². The van der Waals surface area contributed by atoms with Gasteiger partial charge in [-0.3, -0.25) is 4.68 Å². The summed E-state index contributed by atoms with van der Waals surface area (Å²) in [5.74, 6) is 0. The predicted molar refractivity (Wildman–Crippen MR) is 94.6 cm³/mol. The largest absolute Gasteiger partial charge is 0.444 e. The third-order valence-electron chi connectivity index (χ3n) is 3.66. The van der Waals surface area contributed by atoms with Crippen LogP contribution in [0.15, 0.2) is 12.7 Å². The predicted octanol–water partition coefficient (Wildman–Crippen LogP) is 3.50. The van der Waals surface area contributed by atoms with Gasteiger partial charge in [-0.25, -0.2) is 4.79 Å². The number of amides is 1. The molecule has 24 heavy (non-hydrogen) atoms. The minimum absolute atomic E-state index is 0.247. The van der Waals surface area contributed by atoms with Gasteiger partial charge in [-0.1, -0.05) is 18.7 Å². The van der Waals surface area contributed by atoms with Crippen LogP contribution in [0.2, 0.25) is 0 Å². The highest BCUT2D eigenvalue weighted by atomic mass is 16.6. The third kappa shape index (κ3) is 4.06. The SMILES string of the molecule is C=Cc1nn2c(c1/C=C\C)C(CN(C)C(=O)OC(C)(C)C)OCC2. The van der Waals surface area contributed by atoms with Gasteiger partial charge in [-0.05, 0) is 33.8 Å². The van der Waals surface area contributed by atoms with E-state index >= 15 is 0 Å².